The van der Waals surface area contributed by atoms with E-state index in [0.717, 1.165) is 16.6 Å². The Kier molecular flexibility index (Phi) is 3.69. The van der Waals surface area contributed by atoms with Crippen molar-refractivity contribution in [2.24, 2.45) is 7.05 Å². The maximum absolute atomic E-state index is 12.7. The molecule has 1 aliphatic rings. The van der Waals surface area contributed by atoms with Crippen LogP contribution in [0.15, 0.2) is 35.4 Å². The number of carbonyl (C=O) groups is 1. The molecule has 9 heteroatoms. The maximum atomic E-state index is 12.7. The van der Waals surface area contributed by atoms with Crippen molar-refractivity contribution >= 4 is 38.3 Å². The van der Waals surface area contributed by atoms with Crippen LogP contribution in [-0.2, 0) is 28.3 Å². The van der Waals surface area contributed by atoms with Crippen molar-refractivity contribution in [3.63, 3.8) is 0 Å². The molecule has 0 spiro atoms. The Morgan fingerprint density at radius 2 is 2.04 bits per heavy atom. The Bertz CT molecular complexity index is 1150. The van der Waals surface area contributed by atoms with Crippen LogP contribution in [0.1, 0.15) is 17.7 Å². The number of sulfonamides is 1. The number of aryl methyl sites for hydroxylation is 3. The van der Waals surface area contributed by atoms with Crippen LogP contribution in [0.2, 0.25) is 0 Å². The summed E-state index contributed by atoms with van der Waals surface area (Å²) in [5.41, 5.74) is 3.31. The van der Waals surface area contributed by atoms with Gasteiger partial charge in [0.1, 0.15) is 0 Å². The zero-order valence-electron chi connectivity index (χ0n) is 14.3. The number of nitrogens with zero attached hydrogens (tertiary/aromatic N) is 3. The van der Waals surface area contributed by atoms with Gasteiger partial charge in [-0.1, -0.05) is 0 Å². The summed E-state index contributed by atoms with van der Waals surface area (Å²) in [6, 6.07) is 6.42. The van der Waals surface area contributed by atoms with E-state index >= 15 is 0 Å². The number of anilines is 2. The van der Waals surface area contributed by atoms with Crippen molar-refractivity contribution in [3.05, 3.63) is 41.7 Å². The van der Waals surface area contributed by atoms with Crippen LogP contribution in [0.5, 0.6) is 0 Å². The number of pyridine rings is 1. The molecule has 3 heterocycles. The van der Waals surface area contributed by atoms with Gasteiger partial charge in [0.15, 0.2) is 5.65 Å². The molecule has 0 atom stereocenters. The van der Waals surface area contributed by atoms with E-state index in [4.69, 9.17) is 0 Å². The van der Waals surface area contributed by atoms with Crippen LogP contribution in [0, 0.1) is 6.92 Å². The number of fused-ring (bicyclic) bond motifs is 2. The first-order valence-electron chi connectivity index (χ1n) is 8.08. The first-order chi connectivity index (χ1) is 12.3. The zero-order chi connectivity index (χ0) is 18.5. The van der Waals surface area contributed by atoms with Crippen molar-refractivity contribution in [3.8, 4) is 0 Å². The van der Waals surface area contributed by atoms with Crippen LogP contribution in [0.4, 0.5) is 11.4 Å². The van der Waals surface area contributed by atoms with Crippen molar-refractivity contribution in [2.45, 2.75) is 24.7 Å². The molecular weight excluding hydrogens is 354 g/mol. The monoisotopic (exact) mass is 371 g/mol. The largest absolute Gasteiger partial charge is 0.326 e. The number of benzene rings is 1. The van der Waals surface area contributed by atoms with Crippen molar-refractivity contribution < 1.29 is 13.2 Å². The van der Waals surface area contributed by atoms with Gasteiger partial charge in [-0.05, 0) is 43.2 Å². The third-order valence-electron chi connectivity index (χ3n) is 4.40. The molecule has 0 aliphatic carbocycles. The summed E-state index contributed by atoms with van der Waals surface area (Å²) in [4.78, 5) is 15.9. The van der Waals surface area contributed by atoms with Gasteiger partial charge in [0.05, 0.1) is 22.5 Å². The minimum absolute atomic E-state index is 0.0579. The van der Waals surface area contributed by atoms with E-state index in [2.05, 4.69) is 20.1 Å². The molecule has 0 fully saturated rings. The van der Waals surface area contributed by atoms with E-state index in [1.165, 1.54) is 12.3 Å². The van der Waals surface area contributed by atoms with E-state index in [-0.39, 0.29) is 10.8 Å². The summed E-state index contributed by atoms with van der Waals surface area (Å²) >= 11 is 0. The van der Waals surface area contributed by atoms with Gasteiger partial charge in [-0.15, -0.1) is 0 Å². The fourth-order valence-corrected chi connectivity index (χ4v) is 4.19. The second-order valence-electron chi connectivity index (χ2n) is 6.28. The SMILES string of the molecule is Cc1nn(C)c2ncc(NS(=O)(=O)c3ccc4c(c3)CCC(=O)N4)cc12. The Morgan fingerprint density at radius 1 is 1.23 bits per heavy atom. The molecule has 0 saturated heterocycles. The van der Waals surface area contributed by atoms with E-state index in [0.29, 0.717) is 29.9 Å². The Balaban J connectivity index is 1.67. The highest BCUT2D eigenvalue weighted by molar-refractivity contribution is 7.92. The van der Waals surface area contributed by atoms with E-state index in [9.17, 15) is 13.2 Å². The molecular formula is C17H17N5O3S. The highest BCUT2D eigenvalue weighted by Gasteiger charge is 2.20. The van der Waals surface area contributed by atoms with Crippen LogP contribution in [0.3, 0.4) is 0 Å². The number of nitrogens with one attached hydrogen (secondary N) is 2. The van der Waals surface area contributed by atoms with Crippen molar-refractivity contribution in [2.75, 3.05) is 10.0 Å². The summed E-state index contributed by atoms with van der Waals surface area (Å²) in [6.07, 6.45) is 2.34. The lowest BCUT2D eigenvalue weighted by atomic mass is 10.0. The Labute approximate surface area is 150 Å². The molecule has 2 aromatic heterocycles. The third kappa shape index (κ3) is 2.80. The Hall–Kier alpha value is -2.94. The van der Waals surface area contributed by atoms with Crippen molar-refractivity contribution in [1.82, 2.24) is 14.8 Å². The topological polar surface area (TPSA) is 106 Å². The lowest BCUT2D eigenvalue weighted by Gasteiger charge is -2.17. The quantitative estimate of drug-likeness (QED) is 0.732. The molecule has 0 bridgehead atoms. The van der Waals surface area contributed by atoms with Gasteiger partial charge in [0, 0.05) is 24.5 Å². The molecule has 2 N–H and O–H groups in total. The number of hydrogen-bond acceptors (Lipinski definition) is 5. The van der Waals surface area contributed by atoms with Crippen molar-refractivity contribution in [1.29, 1.82) is 0 Å². The molecule has 3 aromatic rings. The van der Waals surface area contributed by atoms with Gasteiger partial charge >= 0.3 is 0 Å². The molecule has 1 aromatic carbocycles. The summed E-state index contributed by atoms with van der Waals surface area (Å²) in [6.45, 7) is 1.85. The standard InChI is InChI=1S/C17H17N5O3S/c1-10-14-8-12(9-18-17(14)22(2)20-10)21-26(24,25)13-4-5-15-11(7-13)3-6-16(23)19-15/h4-5,7-9,21H,3,6H2,1-2H3,(H,19,23). The zero-order valence-corrected chi connectivity index (χ0v) is 15.1. The number of hydrogen-bond donors (Lipinski definition) is 2. The van der Waals surface area contributed by atoms with Gasteiger partial charge < -0.3 is 5.32 Å². The molecule has 26 heavy (non-hydrogen) atoms. The van der Waals surface area contributed by atoms with E-state index in [1.807, 2.05) is 6.92 Å². The van der Waals surface area contributed by atoms with Gasteiger partial charge in [0.25, 0.3) is 10.0 Å². The number of carbonyl (C=O) groups excluding carboxylic acids is 1. The van der Waals surface area contributed by atoms with Crippen LogP contribution < -0.4 is 10.0 Å². The molecule has 0 radical (unpaired) electrons. The first-order valence-corrected chi connectivity index (χ1v) is 9.57. The average molecular weight is 371 g/mol. The summed E-state index contributed by atoms with van der Waals surface area (Å²) in [5.74, 6) is -0.0579. The molecule has 134 valence electrons. The Morgan fingerprint density at radius 3 is 2.85 bits per heavy atom. The second kappa shape index (κ2) is 5.80. The fraction of sp³-hybridized carbons (Fsp3) is 0.235. The van der Waals surface area contributed by atoms with Gasteiger partial charge in [-0.25, -0.2) is 13.4 Å². The molecule has 0 unspecified atom stereocenters. The molecule has 4 rings (SSSR count). The van der Waals surface area contributed by atoms with Crippen LogP contribution >= 0.6 is 0 Å². The lowest BCUT2D eigenvalue weighted by molar-refractivity contribution is -0.116. The van der Waals surface area contributed by atoms with Gasteiger partial charge in [-0.2, -0.15) is 5.10 Å². The van der Waals surface area contributed by atoms with Gasteiger partial charge in [0.2, 0.25) is 5.91 Å². The smallest absolute Gasteiger partial charge is 0.261 e. The first kappa shape index (κ1) is 16.5. The number of aromatic nitrogens is 3. The number of amides is 1. The predicted molar refractivity (Wildman–Crippen MR) is 97.4 cm³/mol. The normalized spacial score (nSPS) is 14.2. The maximum Gasteiger partial charge on any atom is 0.261 e. The highest BCUT2D eigenvalue weighted by Crippen LogP contribution is 2.27. The fourth-order valence-electron chi connectivity index (χ4n) is 3.10. The summed E-state index contributed by atoms with van der Waals surface area (Å²) in [7, 11) is -1.98. The predicted octanol–water partition coefficient (Wildman–Crippen LogP) is 1.96. The van der Waals surface area contributed by atoms with E-state index in [1.54, 1.807) is 29.9 Å². The minimum atomic E-state index is -3.76. The minimum Gasteiger partial charge on any atom is -0.326 e. The molecule has 8 nitrogen and oxygen atoms in total. The summed E-state index contributed by atoms with van der Waals surface area (Å²) in [5, 5.41) is 7.82. The second-order valence-corrected chi connectivity index (χ2v) is 7.96. The van der Waals surface area contributed by atoms with Crippen LogP contribution in [0.25, 0.3) is 11.0 Å². The molecule has 0 saturated carbocycles. The third-order valence-corrected chi connectivity index (χ3v) is 5.78. The number of rotatable bonds is 3. The molecule has 1 aliphatic heterocycles. The average Bonchev–Trinajstić information content (AvgIpc) is 2.88. The molecule has 1 amide bonds. The van der Waals surface area contributed by atoms with Crippen LogP contribution in [-0.4, -0.2) is 29.1 Å². The van der Waals surface area contributed by atoms with E-state index < -0.39 is 10.0 Å². The summed E-state index contributed by atoms with van der Waals surface area (Å²) < 4.78 is 29.7. The lowest BCUT2D eigenvalue weighted by Crippen LogP contribution is -2.20. The van der Waals surface area contributed by atoms with Gasteiger partial charge in [-0.3, -0.25) is 14.2 Å². The highest BCUT2D eigenvalue weighted by atomic mass is 32.2.